The zero-order chi connectivity index (χ0) is 30.6. The Kier molecular flexibility index (Phi) is 9.65. The molecule has 12 heteroatoms. The van der Waals surface area contributed by atoms with Crippen molar-refractivity contribution in [2.75, 3.05) is 55.6 Å². The number of fused-ring (bicyclic) bond motifs is 1. The van der Waals surface area contributed by atoms with Crippen molar-refractivity contribution in [3.8, 4) is 10.6 Å². The molecule has 2 fully saturated rings. The smallest absolute Gasteiger partial charge is 0.408 e. The van der Waals surface area contributed by atoms with Crippen molar-refractivity contribution >= 4 is 45.1 Å². The van der Waals surface area contributed by atoms with Crippen molar-refractivity contribution in [1.29, 1.82) is 0 Å². The maximum Gasteiger partial charge on any atom is 0.408 e. The predicted molar refractivity (Wildman–Crippen MR) is 169 cm³/mol. The SMILES string of the molecule is CC(C)(C)OC(=O)N[C@@H](CCCCN)C(=O)N1CCN(c2ccc3nc(-c4ccc(N5CC[C@@H](F)C5)nc4)sc3c2)CC1. The molecule has 0 saturated carbocycles. The molecule has 2 atom stereocenters. The lowest BCUT2D eigenvalue weighted by Crippen LogP contribution is -2.55. The van der Waals surface area contributed by atoms with E-state index in [1.165, 1.54) is 0 Å². The summed E-state index contributed by atoms with van der Waals surface area (Å²) in [7, 11) is 0. The number of hydrogen-bond donors (Lipinski definition) is 2. The molecule has 232 valence electrons. The van der Waals surface area contributed by atoms with E-state index in [-0.39, 0.29) is 5.91 Å². The van der Waals surface area contributed by atoms with Crippen LogP contribution in [-0.2, 0) is 9.53 Å². The van der Waals surface area contributed by atoms with E-state index in [0.29, 0.717) is 58.7 Å². The number of nitrogens with one attached hydrogen (secondary N) is 1. The number of carbonyl (C=O) groups is 2. The second kappa shape index (κ2) is 13.4. The van der Waals surface area contributed by atoms with Crippen LogP contribution < -0.4 is 20.9 Å². The van der Waals surface area contributed by atoms with E-state index in [9.17, 15) is 14.0 Å². The number of amides is 2. The van der Waals surface area contributed by atoms with E-state index in [0.717, 1.165) is 45.1 Å². The Morgan fingerprint density at radius 1 is 1.12 bits per heavy atom. The second-order valence-electron chi connectivity index (χ2n) is 12.2. The highest BCUT2D eigenvalue weighted by molar-refractivity contribution is 7.21. The lowest BCUT2D eigenvalue weighted by molar-refractivity contribution is -0.134. The molecule has 2 aliphatic rings. The summed E-state index contributed by atoms with van der Waals surface area (Å²) in [4.78, 5) is 41.4. The monoisotopic (exact) mass is 611 g/mol. The number of halogens is 1. The van der Waals surface area contributed by atoms with Gasteiger partial charge in [-0.3, -0.25) is 4.79 Å². The molecule has 3 N–H and O–H groups in total. The van der Waals surface area contributed by atoms with Gasteiger partial charge in [0.15, 0.2) is 0 Å². The first-order valence-electron chi connectivity index (χ1n) is 15.1. The third-order valence-electron chi connectivity index (χ3n) is 7.71. The molecule has 0 unspecified atom stereocenters. The number of nitrogens with zero attached hydrogens (tertiary/aromatic N) is 5. The van der Waals surface area contributed by atoms with Crippen LogP contribution in [0, 0.1) is 0 Å². The van der Waals surface area contributed by atoms with E-state index in [1.807, 2.05) is 34.2 Å². The molecule has 5 rings (SSSR count). The third-order valence-corrected chi connectivity index (χ3v) is 8.78. The van der Waals surface area contributed by atoms with Crippen molar-refractivity contribution < 1.29 is 18.7 Å². The number of alkyl halides is 1. The van der Waals surface area contributed by atoms with Gasteiger partial charge in [0, 0.05) is 50.2 Å². The van der Waals surface area contributed by atoms with Crippen LogP contribution in [0.1, 0.15) is 46.5 Å². The number of ether oxygens (including phenoxy) is 1. The van der Waals surface area contributed by atoms with Crippen molar-refractivity contribution in [3.05, 3.63) is 36.5 Å². The average Bonchev–Trinajstić information content (AvgIpc) is 3.61. The predicted octanol–water partition coefficient (Wildman–Crippen LogP) is 4.58. The molecular formula is C31H42FN7O3S. The van der Waals surface area contributed by atoms with Crippen LogP contribution in [0.4, 0.5) is 20.7 Å². The highest BCUT2D eigenvalue weighted by atomic mass is 32.1. The van der Waals surface area contributed by atoms with E-state index >= 15 is 0 Å². The number of pyridine rings is 1. The number of rotatable bonds is 9. The molecule has 43 heavy (non-hydrogen) atoms. The number of thiazole rings is 1. The van der Waals surface area contributed by atoms with E-state index in [1.54, 1.807) is 32.1 Å². The van der Waals surface area contributed by atoms with Crippen molar-refractivity contribution in [1.82, 2.24) is 20.2 Å². The number of piperazine rings is 1. The molecule has 0 radical (unpaired) electrons. The van der Waals surface area contributed by atoms with E-state index in [4.69, 9.17) is 15.5 Å². The molecule has 10 nitrogen and oxygen atoms in total. The minimum Gasteiger partial charge on any atom is -0.444 e. The minimum atomic E-state index is -0.784. The van der Waals surface area contributed by atoms with Crippen LogP contribution in [0.2, 0.25) is 0 Å². The first kappa shape index (κ1) is 30.9. The largest absolute Gasteiger partial charge is 0.444 e. The van der Waals surface area contributed by atoms with Gasteiger partial charge in [0.1, 0.15) is 28.6 Å². The van der Waals surface area contributed by atoms with Crippen molar-refractivity contribution in [3.63, 3.8) is 0 Å². The number of nitrogens with two attached hydrogens (primary N) is 1. The highest BCUT2D eigenvalue weighted by Crippen LogP contribution is 2.33. The first-order valence-corrected chi connectivity index (χ1v) is 15.9. The molecular weight excluding hydrogens is 569 g/mol. The number of aromatic nitrogens is 2. The van der Waals surface area contributed by atoms with Crippen LogP contribution in [0.25, 0.3) is 20.8 Å². The Labute approximate surface area is 256 Å². The number of anilines is 2. The second-order valence-corrected chi connectivity index (χ2v) is 13.2. The number of unbranched alkanes of at least 4 members (excludes halogenated alkanes) is 1. The number of alkyl carbamates (subject to hydrolysis) is 1. The van der Waals surface area contributed by atoms with Crippen LogP contribution in [-0.4, -0.2) is 90.5 Å². The maximum absolute atomic E-state index is 13.6. The fraction of sp³-hybridized carbons (Fsp3) is 0.548. The highest BCUT2D eigenvalue weighted by Gasteiger charge is 2.30. The fourth-order valence-corrected chi connectivity index (χ4v) is 6.45. The lowest BCUT2D eigenvalue weighted by atomic mass is 10.1. The molecule has 1 aromatic carbocycles. The average molecular weight is 612 g/mol. The van der Waals surface area contributed by atoms with Gasteiger partial charge in [0.2, 0.25) is 5.91 Å². The Balaban J connectivity index is 1.20. The summed E-state index contributed by atoms with van der Waals surface area (Å²) in [6.07, 6.45) is 3.06. The zero-order valence-corrected chi connectivity index (χ0v) is 26.0. The van der Waals surface area contributed by atoms with Gasteiger partial charge in [-0.15, -0.1) is 11.3 Å². The summed E-state index contributed by atoms with van der Waals surface area (Å²) >= 11 is 1.62. The number of hydrogen-bond acceptors (Lipinski definition) is 9. The summed E-state index contributed by atoms with van der Waals surface area (Å²) in [5.41, 5.74) is 7.97. The van der Waals surface area contributed by atoms with E-state index < -0.39 is 23.9 Å². The van der Waals surface area contributed by atoms with Gasteiger partial charge in [-0.1, -0.05) is 0 Å². The molecule has 2 aromatic heterocycles. The van der Waals surface area contributed by atoms with Gasteiger partial charge < -0.3 is 30.5 Å². The summed E-state index contributed by atoms with van der Waals surface area (Å²) in [5, 5.41) is 3.69. The van der Waals surface area contributed by atoms with Crippen LogP contribution in [0.5, 0.6) is 0 Å². The Hall–Kier alpha value is -3.51. The Morgan fingerprint density at radius 2 is 1.91 bits per heavy atom. The Morgan fingerprint density at radius 3 is 2.56 bits per heavy atom. The summed E-state index contributed by atoms with van der Waals surface area (Å²) < 4.78 is 20.1. The van der Waals surface area contributed by atoms with Gasteiger partial charge in [-0.2, -0.15) is 0 Å². The number of benzene rings is 1. The molecule has 4 heterocycles. The molecule has 2 aliphatic heterocycles. The summed E-state index contributed by atoms with van der Waals surface area (Å²) in [6.45, 7) is 9.54. The minimum absolute atomic E-state index is 0.0843. The fourth-order valence-electron chi connectivity index (χ4n) is 5.46. The van der Waals surface area contributed by atoms with Gasteiger partial charge in [-0.05, 0) is 83.3 Å². The summed E-state index contributed by atoms with van der Waals surface area (Å²) in [5.74, 6) is 0.714. The molecule has 0 bridgehead atoms. The maximum atomic E-state index is 13.6. The zero-order valence-electron chi connectivity index (χ0n) is 25.2. The van der Waals surface area contributed by atoms with Gasteiger partial charge in [-0.25, -0.2) is 19.2 Å². The topological polar surface area (TPSA) is 117 Å². The molecule has 0 spiro atoms. The number of carbonyl (C=O) groups excluding carboxylic acids is 2. The van der Waals surface area contributed by atoms with Gasteiger partial charge in [0.25, 0.3) is 0 Å². The molecule has 3 aromatic rings. The lowest BCUT2D eigenvalue weighted by Gasteiger charge is -2.37. The van der Waals surface area contributed by atoms with Crippen LogP contribution >= 0.6 is 11.3 Å². The van der Waals surface area contributed by atoms with Crippen molar-refractivity contribution in [2.45, 2.75) is 64.3 Å². The van der Waals surface area contributed by atoms with Crippen LogP contribution in [0.15, 0.2) is 36.5 Å². The van der Waals surface area contributed by atoms with Gasteiger partial charge in [0.05, 0.1) is 16.8 Å². The molecule has 2 saturated heterocycles. The molecule has 0 aliphatic carbocycles. The molecule has 2 amide bonds. The first-order chi connectivity index (χ1) is 20.6. The normalized spacial score (nSPS) is 18.3. The van der Waals surface area contributed by atoms with Gasteiger partial charge >= 0.3 is 6.09 Å². The van der Waals surface area contributed by atoms with Crippen LogP contribution in [0.3, 0.4) is 0 Å². The summed E-state index contributed by atoms with van der Waals surface area (Å²) in [6, 6.07) is 9.57. The van der Waals surface area contributed by atoms with Crippen molar-refractivity contribution in [2.24, 2.45) is 5.73 Å². The standard InChI is InChI=1S/C31H42FN7O3S/c1-31(2,3)42-30(41)36-25(6-4-5-12-33)29(40)38-16-14-37(15-17-38)23-8-9-24-26(18-23)43-28(35-24)21-7-10-27(34-19-21)39-13-11-22(32)20-39/h7-10,18-19,22,25H,4-6,11-17,20,33H2,1-3H3,(H,36,41)/t22-,25+/m1/s1. The van der Waals surface area contributed by atoms with E-state index in [2.05, 4.69) is 27.3 Å². The Bertz CT molecular complexity index is 1400. The quantitative estimate of drug-likeness (QED) is 0.338. The third kappa shape index (κ3) is 7.91.